The van der Waals surface area contributed by atoms with Crippen LogP contribution in [0, 0.1) is 0 Å². The minimum absolute atomic E-state index is 0.352. The molecule has 3 aromatic rings. The van der Waals surface area contributed by atoms with Crippen molar-refractivity contribution in [1.29, 1.82) is 0 Å². The number of methoxy groups -OCH3 is 1. The van der Waals surface area contributed by atoms with Crippen LogP contribution in [0.1, 0.15) is 15.9 Å². The highest BCUT2D eigenvalue weighted by Crippen LogP contribution is 2.43. The molecular weight excluding hydrogens is 371 g/mol. The van der Waals surface area contributed by atoms with Gasteiger partial charge in [-0.25, -0.2) is 0 Å². The molecule has 0 radical (unpaired) electrons. The van der Waals surface area contributed by atoms with Gasteiger partial charge in [-0.15, -0.1) is 0 Å². The summed E-state index contributed by atoms with van der Waals surface area (Å²) in [5, 5.41) is 0.823. The van der Waals surface area contributed by atoms with Gasteiger partial charge < -0.3 is 9.47 Å². The van der Waals surface area contributed by atoms with Crippen LogP contribution in [-0.2, 0) is 6.61 Å². The van der Waals surface area contributed by atoms with E-state index in [0.29, 0.717) is 39.3 Å². The molecule has 26 heavy (non-hydrogen) atoms. The van der Waals surface area contributed by atoms with Crippen LogP contribution in [0.4, 0.5) is 0 Å². The predicted molar refractivity (Wildman–Crippen MR) is 105 cm³/mol. The number of carbonyl (C=O) groups is 1. The highest BCUT2D eigenvalue weighted by Gasteiger charge is 2.17. The van der Waals surface area contributed by atoms with Crippen molar-refractivity contribution in [2.75, 3.05) is 7.11 Å². The summed E-state index contributed by atoms with van der Waals surface area (Å²) in [4.78, 5) is 11.0. The molecule has 0 aromatic heterocycles. The average molecular weight is 387 g/mol. The lowest BCUT2D eigenvalue weighted by atomic mass is 10.0. The molecule has 0 aliphatic carbocycles. The molecule has 3 rings (SSSR count). The van der Waals surface area contributed by atoms with E-state index in [1.807, 2.05) is 30.3 Å². The Hall–Kier alpha value is -2.49. The van der Waals surface area contributed by atoms with E-state index in [1.165, 1.54) is 0 Å². The maximum Gasteiger partial charge on any atom is 0.157 e. The smallest absolute Gasteiger partial charge is 0.157 e. The van der Waals surface area contributed by atoms with Gasteiger partial charge in [-0.2, -0.15) is 0 Å². The summed E-state index contributed by atoms with van der Waals surface area (Å²) < 4.78 is 11.3. The van der Waals surface area contributed by atoms with Crippen LogP contribution in [0.5, 0.6) is 11.5 Å². The van der Waals surface area contributed by atoms with Crippen molar-refractivity contribution >= 4 is 29.5 Å². The Morgan fingerprint density at radius 3 is 2.38 bits per heavy atom. The lowest BCUT2D eigenvalue weighted by Gasteiger charge is -2.15. The van der Waals surface area contributed by atoms with Gasteiger partial charge in [0.2, 0.25) is 0 Å². The van der Waals surface area contributed by atoms with Crippen molar-refractivity contribution in [3.05, 3.63) is 81.8 Å². The second kappa shape index (κ2) is 8.26. The van der Waals surface area contributed by atoms with Crippen molar-refractivity contribution in [2.45, 2.75) is 6.61 Å². The second-order valence-corrected chi connectivity index (χ2v) is 6.38. The van der Waals surface area contributed by atoms with E-state index in [-0.39, 0.29) is 0 Å². The summed E-state index contributed by atoms with van der Waals surface area (Å²) >= 11 is 12.9. The summed E-state index contributed by atoms with van der Waals surface area (Å²) in [7, 11) is 1.55. The Morgan fingerprint density at radius 1 is 0.962 bits per heavy atom. The SMILES string of the molecule is COc1cc(C=O)ccc1-c1ccc(Cl)c(OCc2ccccc2)c1Cl. The van der Waals surface area contributed by atoms with Gasteiger partial charge in [-0.1, -0.05) is 65.7 Å². The van der Waals surface area contributed by atoms with Crippen LogP contribution in [0.2, 0.25) is 10.0 Å². The van der Waals surface area contributed by atoms with Gasteiger partial charge in [0.15, 0.2) is 5.75 Å². The summed E-state index contributed by atoms with van der Waals surface area (Å²) in [5.41, 5.74) is 3.01. The first kappa shape index (κ1) is 18.3. The Labute approximate surface area is 162 Å². The molecule has 0 aliphatic heterocycles. The molecule has 0 unspecified atom stereocenters. The van der Waals surface area contributed by atoms with E-state index < -0.39 is 0 Å². The number of rotatable bonds is 6. The van der Waals surface area contributed by atoms with Crippen LogP contribution in [0.25, 0.3) is 11.1 Å². The summed E-state index contributed by atoms with van der Waals surface area (Å²) in [6.45, 7) is 0.352. The number of carbonyl (C=O) groups excluding carboxylic acids is 1. The van der Waals surface area contributed by atoms with Crippen molar-refractivity contribution in [3.8, 4) is 22.6 Å². The van der Waals surface area contributed by atoms with Gasteiger partial charge >= 0.3 is 0 Å². The molecule has 0 aliphatic rings. The number of hydrogen-bond donors (Lipinski definition) is 0. The molecule has 3 nitrogen and oxygen atoms in total. The van der Waals surface area contributed by atoms with Crippen molar-refractivity contribution < 1.29 is 14.3 Å². The van der Waals surface area contributed by atoms with Gasteiger partial charge in [0, 0.05) is 16.7 Å². The van der Waals surface area contributed by atoms with Crippen LogP contribution < -0.4 is 9.47 Å². The minimum atomic E-state index is 0.352. The first-order valence-electron chi connectivity index (χ1n) is 7.92. The quantitative estimate of drug-likeness (QED) is 0.482. The molecule has 0 saturated carbocycles. The number of hydrogen-bond acceptors (Lipinski definition) is 3. The van der Waals surface area contributed by atoms with Gasteiger partial charge in [-0.3, -0.25) is 4.79 Å². The van der Waals surface area contributed by atoms with Gasteiger partial charge in [0.1, 0.15) is 18.6 Å². The molecule has 0 atom stereocenters. The van der Waals surface area contributed by atoms with Crippen LogP contribution in [0.15, 0.2) is 60.7 Å². The number of halogens is 2. The van der Waals surface area contributed by atoms with Crippen molar-refractivity contribution in [2.24, 2.45) is 0 Å². The molecule has 5 heteroatoms. The van der Waals surface area contributed by atoms with Gasteiger partial charge in [0.25, 0.3) is 0 Å². The summed E-state index contributed by atoms with van der Waals surface area (Å²) in [6.07, 6.45) is 0.768. The van der Waals surface area contributed by atoms with E-state index in [4.69, 9.17) is 32.7 Å². The third-order valence-corrected chi connectivity index (χ3v) is 4.60. The highest BCUT2D eigenvalue weighted by atomic mass is 35.5. The Balaban J connectivity index is 1.98. The maximum atomic E-state index is 11.0. The zero-order valence-electron chi connectivity index (χ0n) is 14.0. The van der Waals surface area contributed by atoms with Crippen molar-refractivity contribution in [3.63, 3.8) is 0 Å². The summed E-state index contributed by atoms with van der Waals surface area (Å²) in [5.74, 6) is 0.962. The molecule has 0 saturated heterocycles. The monoisotopic (exact) mass is 386 g/mol. The zero-order chi connectivity index (χ0) is 18.5. The van der Waals surface area contributed by atoms with E-state index >= 15 is 0 Å². The van der Waals surface area contributed by atoms with E-state index in [9.17, 15) is 4.79 Å². The molecule has 0 bridgehead atoms. The first-order chi connectivity index (χ1) is 12.6. The van der Waals surface area contributed by atoms with E-state index in [0.717, 1.165) is 17.4 Å². The largest absolute Gasteiger partial charge is 0.496 e. The molecule has 132 valence electrons. The highest BCUT2D eigenvalue weighted by molar-refractivity contribution is 6.39. The topological polar surface area (TPSA) is 35.5 Å². The maximum absolute atomic E-state index is 11.0. The molecule has 0 spiro atoms. The van der Waals surface area contributed by atoms with Crippen LogP contribution >= 0.6 is 23.2 Å². The molecule has 0 N–H and O–H groups in total. The minimum Gasteiger partial charge on any atom is -0.496 e. The zero-order valence-corrected chi connectivity index (χ0v) is 15.6. The Morgan fingerprint density at radius 2 is 1.69 bits per heavy atom. The van der Waals surface area contributed by atoms with Gasteiger partial charge in [-0.05, 0) is 23.8 Å². The molecule has 0 amide bonds. The summed E-state index contributed by atoms with van der Waals surface area (Å²) in [6, 6.07) is 18.5. The van der Waals surface area contributed by atoms with E-state index in [2.05, 4.69) is 0 Å². The van der Waals surface area contributed by atoms with Gasteiger partial charge in [0.05, 0.1) is 17.2 Å². The average Bonchev–Trinajstić information content (AvgIpc) is 2.68. The predicted octanol–water partition coefficient (Wildman–Crippen LogP) is 6.06. The fourth-order valence-corrected chi connectivity index (χ4v) is 3.19. The van der Waals surface area contributed by atoms with Crippen LogP contribution in [-0.4, -0.2) is 13.4 Å². The number of ether oxygens (including phenoxy) is 2. The lowest BCUT2D eigenvalue weighted by Crippen LogP contribution is -1.98. The fraction of sp³-hybridized carbons (Fsp3) is 0.0952. The normalized spacial score (nSPS) is 10.4. The van der Waals surface area contributed by atoms with Crippen LogP contribution in [0.3, 0.4) is 0 Å². The standard InChI is InChI=1S/C21H16Cl2O3/c1-25-19-11-15(12-24)7-8-16(19)17-9-10-18(22)21(20(17)23)26-13-14-5-3-2-4-6-14/h2-12H,13H2,1H3. The molecule has 0 fully saturated rings. The first-order valence-corrected chi connectivity index (χ1v) is 8.68. The fourth-order valence-electron chi connectivity index (χ4n) is 2.61. The number of benzene rings is 3. The molecule has 0 heterocycles. The lowest BCUT2D eigenvalue weighted by molar-refractivity contribution is 0.112. The molecular formula is C21H16Cl2O3. The third kappa shape index (κ3) is 3.85. The Kier molecular flexibility index (Phi) is 5.82. The second-order valence-electron chi connectivity index (χ2n) is 5.59. The van der Waals surface area contributed by atoms with Crippen molar-refractivity contribution in [1.82, 2.24) is 0 Å². The number of aldehydes is 1. The Bertz CT molecular complexity index is 924. The van der Waals surface area contributed by atoms with E-state index in [1.54, 1.807) is 37.4 Å². The molecule has 3 aromatic carbocycles. The third-order valence-electron chi connectivity index (χ3n) is 3.93.